The molecule has 0 fully saturated rings. The van der Waals surface area contributed by atoms with Gasteiger partial charge in [-0.05, 0) is 19.8 Å². The molecule has 156 valence electrons. The van der Waals surface area contributed by atoms with Gasteiger partial charge in [0.2, 0.25) is 17.7 Å². The maximum absolute atomic E-state index is 12.4. The van der Waals surface area contributed by atoms with Crippen LogP contribution in [-0.4, -0.2) is 69.9 Å². The molecule has 0 bridgehead atoms. The number of aliphatic hydroxyl groups excluding tert-OH is 1. The lowest BCUT2D eigenvalue weighted by molar-refractivity contribution is -0.142. The molecule has 0 heterocycles. The maximum atomic E-state index is 12.4. The predicted octanol–water partition coefficient (Wildman–Crippen LogP) is -1.77. The Balaban J connectivity index is 5.05. The number of carboxylic acids is 1. The molecule has 0 aliphatic rings. The Morgan fingerprint density at radius 2 is 1.56 bits per heavy atom. The molecule has 0 aliphatic carbocycles. The smallest absolute Gasteiger partial charge is 0.325 e. The van der Waals surface area contributed by atoms with Crippen LogP contribution in [0.3, 0.4) is 0 Å². The second kappa shape index (κ2) is 11.8. The fourth-order valence-corrected chi connectivity index (χ4v) is 2.26. The molecule has 0 aliphatic heterocycles. The summed E-state index contributed by atoms with van der Waals surface area (Å²) in [6.07, 6.45) is -0.619. The number of rotatable bonds is 11. The van der Waals surface area contributed by atoms with Crippen molar-refractivity contribution in [1.82, 2.24) is 16.0 Å². The monoisotopic (exact) mass is 406 g/mol. The minimum Gasteiger partial charge on any atom is -0.480 e. The second-order valence-electron chi connectivity index (χ2n) is 6.45. The van der Waals surface area contributed by atoms with Crippen molar-refractivity contribution in [2.45, 2.75) is 64.4 Å². The summed E-state index contributed by atoms with van der Waals surface area (Å²) < 4.78 is 0. The molecule has 0 saturated carbocycles. The summed E-state index contributed by atoms with van der Waals surface area (Å²) in [5.41, 5.74) is 5.83. The van der Waals surface area contributed by atoms with Crippen LogP contribution in [0.2, 0.25) is 0 Å². The average Bonchev–Trinajstić information content (AvgIpc) is 2.61. The van der Waals surface area contributed by atoms with E-state index in [1.807, 2.05) is 6.92 Å². The zero-order valence-corrected chi connectivity index (χ0v) is 16.8. The number of carboxylic acid groups (broad SMARTS) is 1. The quantitative estimate of drug-likeness (QED) is 0.199. The van der Waals surface area contributed by atoms with Crippen LogP contribution in [-0.2, 0) is 19.2 Å². The van der Waals surface area contributed by atoms with Gasteiger partial charge in [-0.15, -0.1) is 0 Å². The van der Waals surface area contributed by atoms with E-state index in [0.717, 1.165) is 0 Å². The maximum Gasteiger partial charge on any atom is 0.325 e. The number of nitrogens with two attached hydrogens (primary N) is 1. The number of carbonyl (C=O) groups is 4. The fraction of sp³-hybridized carbons (Fsp3) is 0.750. The van der Waals surface area contributed by atoms with E-state index in [9.17, 15) is 24.3 Å². The molecular weight excluding hydrogens is 376 g/mol. The van der Waals surface area contributed by atoms with Crippen LogP contribution in [0.15, 0.2) is 0 Å². The van der Waals surface area contributed by atoms with E-state index < -0.39 is 54.0 Å². The molecule has 6 atom stereocenters. The Kier molecular flexibility index (Phi) is 11.0. The Labute approximate surface area is 164 Å². The first kappa shape index (κ1) is 25.1. The van der Waals surface area contributed by atoms with Gasteiger partial charge in [0.05, 0.1) is 12.1 Å². The van der Waals surface area contributed by atoms with E-state index in [2.05, 4.69) is 28.6 Å². The summed E-state index contributed by atoms with van der Waals surface area (Å²) in [4.78, 5) is 47.5. The third-order valence-electron chi connectivity index (χ3n) is 4.17. The lowest BCUT2D eigenvalue weighted by Crippen LogP contribution is -2.60. The van der Waals surface area contributed by atoms with Crippen molar-refractivity contribution in [3.05, 3.63) is 0 Å². The summed E-state index contributed by atoms with van der Waals surface area (Å²) in [7, 11) is 0. The van der Waals surface area contributed by atoms with Gasteiger partial charge in [-0.1, -0.05) is 20.3 Å². The Bertz CT molecular complexity index is 545. The molecule has 3 amide bonds. The number of hydrogen-bond acceptors (Lipinski definition) is 7. The van der Waals surface area contributed by atoms with E-state index >= 15 is 0 Å². The summed E-state index contributed by atoms with van der Waals surface area (Å²) in [5, 5.41) is 25.5. The molecule has 7 N–H and O–H groups in total. The van der Waals surface area contributed by atoms with Crippen molar-refractivity contribution in [2.75, 3.05) is 5.75 Å². The SMILES string of the molecule is CCC(C)C(N)C(=O)NC(CS)C(=O)NC(C(=O)NC(C)C(=O)O)C(C)O. The van der Waals surface area contributed by atoms with E-state index in [-0.39, 0.29) is 11.7 Å². The van der Waals surface area contributed by atoms with E-state index in [4.69, 9.17) is 10.8 Å². The fourth-order valence-electron chi connectivity index (χ4n) is 2.00. The van der Waals surface area contributed by atoms with Crippen molar-refractivity contribution in [2.24, 2.45) is 11.7 Å². The molecule has 6 unspecified atom stereocenters. The van der Waals surface area contributed by atoms with Gasteiger partial charge in [0.25, 0.3) is 0 Å². The second-order valence-corrected chi connectivity index (χ2v) is 6.82. The molecule has 0 radical (unpaired) electrons. The lowest BCUT2D eigenvalue weighted by atomic mass is 9.99. The van der Waals surface area contributed by atoms with Gasteiger partial charge < -0.3 is 31.9 Å². The van der Waals surface area contributed by atoms with Gasteiger partial charge in [-0.3, -0.25) is 19.2 Å². The number of aliphatic carboxylic acids is 1. The Hall–Kier alpha value is -1.85. The van der Waals surface area contributed by atoms with Crippen LogP contribution >= 0.6 is 12.6 Å². The number of nitrogens with one attached hydrogen (secondary N) is 3. The molecule has 10 nitrogen and oxygen atoms in total. The van der Waals surface area contributed by atoms with E-state index in [1.165, 1.54) is 13.8 Å². The van der Waals surface area contributed by atoms with Crippen LogP contribution in [0.1, 0.15) is 34.1 Å². The molecule has 0 aromatic carbocycles. The minimum atomic E-state index is -1.40. The van der Waals surface area contributed by atoms with Crippen LogP contribution in [0.4, 0.5) is 0 Å². The van der Waals surface area contributed by atoms with Gasteiger partial charge >= 0.3 is 5.97 Å². The molecule has 27 heavy (non-hydrogen) atoms. The third-order valence-corrected chi connectivity index (χ3v) is 4.53. The topological polar surface area (TPSA) is 171 Å². The first-order valence-electron chi connectivity index (χ1n) is 8.64. The van der Waals surface area contributed by atoms with Crippen molar-refractivity contribution in [1.29, 1.82) is 0 Å². The number of amides is 3. The number of carbonyl (C=O) groups excluding carboxylic acids is 3. The molecule has 0 saturated heterocycles. The molecule has 11 heteroatoms. The summed E-state index contributed by atoms with van der Waals surface area (Å²) in [5.74, 6) is -3.57. The van der Waals surface area contributed by atoms with Crippen LogP contribution in [0.5, 0.6) is 0 Å². The Morgan fingerprint density at radius 1 is 1.00 bits per heavy atom. The highest BCUT2D eigenvalue weighted by Crippen LogP contribution is 2.06. The number of aliphatic hydroxyl groups is 1. The van der Waals surface area contributed by atoms with Crippen molar-refractivity contribution in [3.63, 3.8) is 0 Å². The minimum absolute atomic E-state index is 0.0650. The highest BCUT2D eigenvalue weighted by Gasteiger charge is 2.31. The zero-order valence-electron chi connectivity index (χ0n) is 15.9. The van der Waals surface area contributed by atoms with Crippen LogP contribution < -0.4 is 21.7 Å². The van der Waals surface area contributed by atoms with Crippen molar-refractivity contribution >= 4 is 36.3 Å². The largest absolute Gasteiger partial charge is 0.480 e. The summed E-state index contributed by atoms with van der Waals surface area (Å²) in [6.45, 7) is 6.19. The number of thiol groups is 1. The highest BCUT2D eigenvalue weighted by atomic mass is 32.1. The van der Waals surface area contributed by atoms with Crippen molar-refractivity contribution in [3.8, 4) is 0 Å². The van der Waals surface area contributed by atoms with Gasteiger partial charge in [0.1, 0.15) is 18.1 Å². The first-order valence-corrected chi connectivity index (χ1v) is 9.27. The summed E-state index contributed by atoms with van der Waals surface area (Å²) in [6, 6.07) is -4.49. The Morgan fingerprint density at radius 3 is 1.96 bits per heavy atom. The predicted molar refractivity (Wildman–Crippen MR) is 102 cm³/mol. The average molecular weight is 407 g/mol. The summed E-state index contributed by atoms with van der Waals surface area (Å²) >= 11 is 4.02. The molecular formula is C16H30N4O6S. The van der Waals surface area contributed by atoms with Crippen molar-refractivity contribution < 1.29 is 29.4 Å². The molecule has 0 aromatic heterocycles. The van der Waals surface area contributed by atoms with Gasteiger partial charge in [0.15, 0.2) is 0 Å². The van der Waals surface area contributed by atoms with Gasteiger partial charge in [-0.25, -0.2) is 0 Å². The third kappa shape index (κ3) is 8.14. The molecule has 0 aromatic rings. The van der Waals surface area contributed by atoms with E-state index in [0.29, 0.717) is 6.42 Å². The first-order chi connectivity index (χ1) is 12.5. The van der Waals surface area contributed by atoms with E-state index in [1.54, 1.807) is 6.92 Å². The zero-order chi connectivity index (χ0) is 21.3. The lowest BCUT2D eigenvalue weighted by Gasteiger charge is -2.26. The molecule has 0 rings (SSSR count). The normalized spacial score (nSPS) is 17.6. The van der Waals surface area contributed by atoms with Crippen LogP contribution in [0.25, 0.3) is 0 Å². The number of hydrogen-bond donors (Lipinski definition) is 7. The highest BCUT2D eigenvalue weighted by molar-refractivity contribution is 7.80. The van der Waals surface area contributed by atoms with Gasteiger partial charge in [0, 0.05) is 5.75 Å². The van der Waals surface area contributed by atoms with Crippen LogP contribution in [0, 0.1) is 5.92 Å². The van der Waals surface area contributed by atoms with Gasteiger partial charge in [-0.2, -0.15) is 12.6 Å². The molecule has 0 spiro atoms. The standard InChI is InChI=1S/C16H30N4O6S/c1-5-7(2)11(17)14(23)19-10(6-27)13(22)20-12(9(4)21)15(24)18-8(3)16(25)26/h7-12,21,27H,5-6,17H2,1-4H3,(H,18,24)(H,19,23)(H,20,22)(H,25,26).